The molecule has 4 nitrogen and oxygen atoms in total. The van der Waals surface area contributed by atoms with Crippen LogP contribution in [0.15, 0.2) is 33.9 Å². The van der Waals surface area contributed by atoms with Crippen LogP contribution in [0.4, 0.5) is 0 Å². The lowest BCUT2D eigenvalue weighted by molar-refractivity contribution is 0.875. The zero-order chi connectivity index (χ0) is 12.6. The third kappa shape index (κ3) is 2.28. The van der Waals surface area contributed by atoms with Crippen molar-refractivity contribution < 1.29 is 0 Å². The molecule has 0 aliphatic rings. The maximum atomic E-state index is 11.7. The number of rotatable bonds is 1. The fraction of sp³-hybridized carbons (Fsp3) is 0.0909. The van der Waals surface area contributed by atoms with Crippen LogP contribution < -0.4 is 11.2 Å². The Labute approximate surface area is 106 Å². The van der Waals surface area contributed by atoms with Crippen molar-refractivity contribution in [3.63, 3.8) is 0 Å². The zero-order valence-electron chi connectivity index (χ0n) is 8.83. The Balaban J connectivity index is 2.78. The van der Waals surface area contributed by atoms with E-state index < -0.39 is 11.2 Å². The first kappa shape index (κ1) is 12.0. The molecule has 0 spiro atoms. The number of benzene rings is 1. The van der Waals surface area contributed by atoms with Gasteiger partial charge in [-0.2, -0.15) is 0 Å². The van der Waals surface area contributed by atoms with Crippen LogP contribution in [-0.4, -0.2) is 9.55 Å². The van der Waals surface area contributed by atoms with Crippen molar-refractivity contribution in [2.24, 2.45) is 0 Å². The molecule has 0 amide bonds. The highest BCUT2D eigenvalue weighted by molar-refractivity contribution is 6.32. The normalized spacial score (nSPS) is 10.5. The standard InChI is InChI=1S/C11H8Cl2N2O2/c1-6-2-3-8(7(12)4-6)15-10(16)5-9(13)14-11(15)17/h2-5H,1H3,(H,14,17). The Morgan fingerprint density at radius 3 is 2.47 bits per heavy atom. The molecule has 2 aromatic rings. The van der Waals surface area contributed by atoms with Crippen LogP contribution in [-0.2, 0) is 0 Å². The van der Waals surface area contributed by atoms with Gasteiger partial charge < -0.3 is 0 Å². The first-order valence-electron chi connectivity index (χ1n) is 4.77. The number of aromatic nitrogens is 2. The average molecular weight is 271 g/mol. The first-order valence-corrected chi connectivity index (χ1v) is 5.53. The van der Waals surface area contributed by atoms with Gasteiger partial charge in [0.2, 0.25) is 0 Å². The van der Waals surface area contributed by atoms with Crippen molar-refractivity contribution >= 4 is 23.2 Å². The lowest BCUT2D eigenvalue weighted by Crippen LogP contribution is -2.33. The number of hydrogen-bond donors (Lipinski definition) is 1. The first-order chi connectivity index (χ1) is 7.99. The predicted molar refractivity (Wildman–Crippen MR) is 67.4 cm³/mol. The number of nitrogens with one attached hydrogen (secondary N) is 1. The van der Waals surface area contributed by atoms with E-state index in [9.17, 15) is 9.59 Å². The van der Waals surface area contributed by atoms with Crippen molar-refractivity contribution in [3.8, 4) is 5.69 Å². The molecule has 88 valence electrons. The Hall–Kier alpha value is -1.52. The van der Waals surface area contributed by atoms with Crippen molar-refractivity contribution in [2.75, 3.05) is 0 Å². The van der Waals surface area contributed by atoms with E-state index in [0.717, 1.165) is 16.2 Å². The molecule has 1 aromatic carbocycles. The van der Waals surface area contributed by atoms with E-state index in [2.05, 4.69) is 4.98 Å². The van der Waals surface area contributed by atoms with Gasteiger partial charge in [-0.25, -0.2) is 9.36 Å². The van der Waals surface area contributed by atoms with E-state index in [-0.39, 0.29) is 5.15 Å². The second-order valence-corrected chi connectivity index (χ2v) is 4.37. The molecule has 1 N–H and O–H groups in total. The van der Waals surface area contributed by atoms with Crippen molar-refractivity contribution in [3.05, 3.63) is 60.8 Å². The molecule has 17 heavy (non-hydrogen) atoms. The molecule has 0 aliphatic heterocycles. The Morgan fingerprint density at radius 1 is 1.18 bits per heavy atom. The van der Waals surface area contributed by atoms with Gasteiger partial charge in [0.25, 0.3) is 5.56 Å². The van der Waals surface area contributed by atoms with Crippen LogP contribution in [0, 0.1) is 6.92 Å². The summed E-state index contributed by atoms with van der Waals surface area (Å²) in [7, 11) is 0. The fourth-order valence-corrected chi connectivity index (χ4v) is 1.98. The maximum Gasteiger partial charge on any atom is 0.334 e. The second kappa shape index (κ2) is 4.39. The summed E-state index contributed by atoms with van der Waals surface area (Å²) < 4.78 is 0.938. The quantitative estimate of drug-likeness (QED) is 0.808. The van der Waals surface area contributed by atoms with Gasteiger partial charge in [-0.1, -0.05) is 29.3 Å². The van der Waals surface area contributed by atoms with E-state index >= 15 is 0 Å². The van der Waals surface area contributed by atoms with E-state index in [1.165, 1.54) is 0 Å². The zero-order valence-corrected chi connectivity index (χ0v) is 10.3. The summed E-state index contributed by atoms with van der Waals surface area (Å²) in [5, 5.41) is 0.333. The van der Waals surface area contributed by atoms with Crippen molar-refractivity contribution in [1.82, 2.24) is 9.55 Å². The molecular formula is C11H8Cl2N2O2. The molecule has 0 unspecified atom stereocenters. The minimum absolute atomic E-state index is 0.000478. The Bertz CT molecular complexity index is 657. The molecule has 0 atom stereocenters. The average Bonchev–Trinajstić information content (AvgIpc) is 2.19. The van der Waals surface area contributed by atoms with Gasteiger partial charge in [0.15, 0.2) is 0 Å². The lowest BCUT2D eigenvalue weighted by atomic mass is 10.2. The number of hydrogen-bond acceptors (Lipinski definition) is 2. The molecule has 0 bridgehead atoms. The van der Waals surface area contributed by atoms with Gasteiger partial charge in [0, 0.05) is 6.07 Å². The van der Waals surface area contributed by atoms with Crippen LogP contribution in [0.25, 0.3) is 5.69 Å². The molecule has 6 heteroatoms. The number of H-pyrrole nitrogens is 1. The summed E-state index contributed by atoms with van der Waals surface area (Å²) in [6.45, 7) is 1.87. The topological polar surface area (TPSA) is 54.9 Å². The van der Waals surface area contributed by atoms with Gasteiger partial charge in [0.05, 0.1) is 10.7 Å². The Kier molecular flexibility index (Phi) is 3.09. The van der Waals surface area contributed by atoms with E-state index in [4.69, 9.17) is 23.2 Å². The van der Waals surface area contributed by atoms with Crippen LogP contribution >= 0.6 is 23.2 Å². The SMILES string of the molecule is Cc1ccc(-n2c(=O)cc(Cl)[nH]c2=O)c(Cl)c1. The molecule has 0 radical (unpaired) electrons. The van der Waals surface area contributed by atoms with Crippen molar-refractivity contribution in [2.45, 2.75) is 6.92 Å². The Morgan fingerprint density at radius 2 is 1.88 bits per heavy atom. The molecule has 2 rings (SSSR count). The lowest BCUT2D eigenvalue weighted by Gasteiger charge is -2.07. The molecule has 0 saturated heterocycles. The highest BCUT2D eigenvalue weighted by Crippen LogP contribution is 2.19. The monoisotopic (exact) mass is 270 g/mol. The third-order valence-electron chi connectivity index (χ3n) is 2.24. The van der Waals surface area contributed by atoms with E-state index in [0.29, 0.717) is 10.7 Å². The van der Waals surface area contributed by atoms with E-state index in [1.54, 1.807) is 18.2 Å². The van der Waals surface area contributed by atoms with Crippen LogP contribution in [0.3, 0.4) is 0 Å². The number of halogens is 2. The minimum atomic E-state index is -0.617. The highest BCUT2D eigenvalue weighted by Gasteiger charge is 2.09. The van der Waals surface area contributed by atoms with Crippen LogP contribution in [0.2, 0.25) is 10.2 Å². The smallest absolute Gasteiger partial charge is 0.297 e. The third-order valence-corrected chi connectivity index (χ3v) is 2.75. The largest absolute Gasteiger partial charge is 0.334 e. The summed E-state index contributed by atoms with van der Waals surface area (Å²) in [4.78, 5) is 25.7. The van der Waals surface area contributed by atoms with Crippen LogP contribution in [0.1, 0.15) is 5.56 Å². The van der Waals surface area contributed by atoms with Gasteiger partial charge >= 0.3 is 5.69 Å². The summed E-state index contributed by atoms with van der Waals surface area (Å²) in [5.41, 5.74) is 0.134. The highest BCUT2D eigenvalue weighted by atomic mass is 35.5. The van der Waals surface area contributed by atoms with Gasteiger partial charge in [-0.05, 0) is 24.6 Å². The summed E-state index contributed by atoms with van der Waals surface area (Å²) in [5.74, 6) is 0. The van der Waals surface area contributed by atoms with Gasteiger partial charge in [0.1, 0.15) is 5.15 Å². The molecule has 0 saturated carbocycles. The molecule has 0 aliphatic carbocycles. The summed E-state index contributed by atoms with van der Waals surface area (Å²) in [6.07, 6.45) is 0. The van der Waals surface area contributed by atoms with Gasteiger partial charge in [-0.15, -0.1) is 0 Å². The number of aryl methyl sites for hydroxylation is 1. The van der Waals surface area contributed by atoms with Crippen LogP contribution in [0.5, 0.6) is 0 Å². The number of aromatic amines is 1. The molecule has 0 fully saturated rings. The molecule has 1 aromatic heterocycles. The second-order valence-electron chi connectivity index (χ2n) is 3.55. The van der Waals surface area contributed by atoms with Gasteiger partial charge in [-0.3, -0.25) is 9.78 Å². The maximum absolute atomic E-state index is 11.7. The van der Waals surface area contributed by atoms with Crippen molar-refractivity contribution in [1.29, 1.82) is 0 Å². The fourth-order valence-electron chi connectivity index (χ4n) is 1.49. The van der Waals surface area contributed by atoms with E-state index in [1.807, 2.05) is 6.92 Å². The summed E-state index contributed by atoms with van der Waals surface area (Å²) in [6, 6.07) is 6.18. The minimum Gasteiger partial charge on any atom is -0.297 e. The predicted octanol–water partition coefficient (Wildman–Crippen LogP) is 2.14. The summed E-state index contributed by atoms with van der Waals surface area (Å²) >= 11 is 11.6. The molecule has 1 heterocycles. The number of nitrogens with zero attached hydrogens (tertiary/aromatic N) is 1. The molecular weight excluding hydrogens is 263 g/mol.